The maximum absolute atomic E-state index is 13.2. The highest BCUT2D eigenvalue weighted by molar-refractivity contribution is 9.10. The van der Waals surface area contributed by atoms with Crippen LogP contribution in [0.15, 0.2) is 22.7 Å². The summed E-state index contributed by atoms with van der Waals surface area (Å²) in [5.74, 6) is -5.19. The lowest BCUT2D eigenvalue weighted by molar-refractivity contribution is -0.0462. The van der Waals surface area contributed by atoms with Crippen LogP contribution in [0.25, 0.3) is 0 Å². The molecule has 0 heterocycles. The number of carbonyl (C=O) groups excluding carboxylic acids is 1. The van der Waals surface area contributed by atoms with Crippen molar-refractivity contribution in [3.8, 4) is 0 Å². The van der Waals surface area contributed by atoms with Gasteiger partial charge in [0, 0.05) is 4.47 Å². The van der Waals surface area contributed by atoms with Crippen LogP contribution in [0.1, 0.15) is 10.4 Å². The zero-order chi connectivity index (χ0) is 13.1. The minimum Gasteiger partial charge on any atom is -0.390 e. The lowest BCUT2D eigenvalue weighted by Gasteiger charge is -2.14. The Morgan fingerprint density at radius 2 is 2.12 bits per heavy atom. The lowest BCUT2D eigenvalue weighted by atomic mass is 10.2. The highest BCUT2D eigenvalue weighted by atomic mass is 79.9. The van der Waals surface area contributed by atoms with Crippen molar-refractivity contribution >= 4 is 21.8 Å². The maximum atomic E-state index is 13.2. The van der Waals surface area contributed by atoms with Gasteiger partial charge in [0.25, 0.3) is 11.8 Å². The zero-order valence-corrected chi connectivity index (χ0v) is 10.1. The summed E-state index contributed by atoms with van der Waals surface area (Å²) in [6, 6.07) is 3.61. The van der Waals surface area contributed by atoms with Crippen molar-refractivity contribution in [1.29, 1.82) is 0 Å². The van der Waals surface area contributed by atoms with E-state index < -0.39 is 30.8 Å². The second kappa shape index (κ2) is 5.50. The van der Waals surface area contributed by atoms with Crippen LogP contribution in [0.3, 0.4) is 0 Å². The molecule has 2 N–H and O–H groups in total. The Kier molecular flexibility index (Phi) is 4.53. The summed E-state index contributed by atoms with van der Waals surface area (Å²) in [5.41, 5.74) is -0.340. The molecule has 0 aromatic heterocycles. The molecule has 17 heavy (non-hydrogen) atoms. The van der Waals surface area contributed by atoms with E-state index in [1.165, 1.54) is 12.1 Å². The monoisotopic (exact) mass is 311 g/mol. The molecule has 0 radical (unpaired) electrons. The van der Waals surface area contributed by atoms with E-state index in [2.05, 4.69) is 15.9 Å². The summed E-state index contributed by atoms with van der Waals surface area (Å²) < 4.78 is 38.9. The number of hydrogen-bond acceptors (Lipinski definition) is 2. The molecule has 0 fully saturated rings. The van der Waals surface area contributed by atoms with Gasteiger partial charge in [-0.1, -0.05) is 15.9 Å². The standard InChI is InChI=1S/C10H9BrF3NO2/c11-6-1-2-8(12)7(3-6)9(17)15-4-10(13,14)5-16/h1-3,16H,4-5H2,(H,15,17). The smallest absolute Gasteiger partial charge is 0.287 e. The van der Waals surface area contributed by atoms with E-state index in [9.17, 15) is 18.0 Å². The Bertz CT molecular complexity index is 426. The molecule has 0 aliphatic carbocycles. The fraction of sp³-hybridized carbons (Fsp3) is 0.300. The van der Waals surface area contributed by atoms with Gasteiger partial charge in [-0.2, -0.15) is 0 Å². The van der Waals surface area contributed by atoms with Gasteiger partial charge in [0.1, 0.15) is 12.4 Å². The summed E-state index contributed by atoms with van der Waals surface area (Å²) in [6.45, 7) is -2.43. The Morgan fingerprint density at radius 1 is 1.47 bits per heavy atom. The number of amides is 1. The summed E-state index contributed by atoms with van der Waals surface area (Å²) >= 11 is 3.03. The molecule has 1 aromatic rings. The molecule has 0 spiro atoms. The maximum Gasteiger partial charge on any atom is 0.287 e. The minimum atomic E-state index is -3.42. The molecule has 0 saturated heterocycles. The van der Waals surface area contributed by atoms with Gasteiger partial charge in [-0.15, -0.1) is 0 Å². The van der Waals surface area contributed by atoms with Crippen LogP contribution < -0.4 is 5.32 Å². The number of aliphatic hydroxyl groups excluding tert-OH is 1. The van der Waals surface area contributed by atoms with E-state index in [4.69, 9.17) is 5.11 Å². The third-order valence-corrected chi connectivity index (χ3v) is 2.41. The summed E-state index contributed by atoms with van der Waals surface area (Å²) in [4.78, 5) is 11.4. The van der Waals surface area contributed by atoms with E-state index in [1.54, 1.807) is 0 Å². The van der Waals surface area contributed by atoms with Gasteiger partial charge in [-0.25, -0.2) is 13.2 Å². The highest BCUT2D eigenvalue weighted by Gasteiger charge is 2.28. The molecule has 0 unspecified atom stereocenters. The van der Waals surface area contributed by atoms with Gasteiger partial charge in [0.05, 0.1) is 12.1 Å². The Labute approximate surface area is 104 Å². The highest BCUT2D eigenvalue weighted by Crippen LogP contribution is 2.16. The van der Waals surface area contributed by atoms with Gasteiger partial charge in [0.2, 0.25) is 0 Å². The second-order valence-corrected chi connectivity index (χ2v) is 4.24. The van der Waals surface area contributed by atoms with Crippen molar-refractivity contribution in [2.45, 2.75) is 5.92 Å². The van der Waals surface area contributed by atoms with E-state index in [1.807, 2.05) is 5.32 Å². The normalized spacial score (nSPS) is 11.4. The van der Waals surface area contributed by atoms with Crippen molar-refractivity contribution in [3.63, 3.8) is 0 Å². The number of rotatable bonds is 4. The van der Waals surface area contributed by atoms with Crippen LogP contribution in [0.4, 0.5) is 13.2 Å². The number of nitrogens with one attached hydrogen (secondary N) is 1. The Morgan fingerprint density at radius 3 is 2.71 bits per heavy atom. The van der Waals surface area contributed by atoms with E-state index in [-0.39, 0.29) is 5.56 Å². The predicted molar refractivity (Wildman–Crippen MR) is 58.5 cm³/mol. The molecule has 0 aliphatic rings. The minimum absolute atomic E-state index is 0.340. The average molecular weight is 312 g/mol. The molecule has 1 rings (SSSR count). The van der Waals surface area contributed by atoms with Crippen molar-refractivity contribution in [2.24, 2.45) is 0 Å². The average Bonchev–Trinajstić information content (AvgIpc) is 2.29. The van der Waals surface area contributed by atoms with Gasteiger partial charge < -0.3 is 10.4 Å². The fourth-order valence-electron chi connectivity index (χ4n) is 1.03. The predicted octanol–water partition coefficient (Wildman–Crippen LogP) is 1.95. The molecule has 1 aromatic carbocycles. The van der Waals surface area contributed by atoms with Gasteiger partial charge >= 0.3 is 0 Å². The molecule has 0 atom stereocenters. The SMILES string of the molecule is O=C(NCC(F)(F)CO)c1cc(Br)ccc1F. The van der Waals surface area contributed by atoms with E-state index >= 15 is 0 Å². The van der Waals surface area contributed by atoms with Gasteiger partial charge in [0.15, 0.2) is 0 Å². The number of hydrogen-bond donors (Lipinski definition) is 2. The first kappa shape index (κ1) is 14.0. The lowest BCUT2D eigenvalue weighted by Crippen LogP contribution is -2.39. The topological polar surface area (TPSA) is 49.3 Å². The van der Waals surface area contributed by atoms with Crippen molar-refractivity contribution in [1.82, 2.24) is 5.32 Å². The zero-order valence-electron chi connectivity index (χ0n) is 8.51. The van der Waals surface area contributed by atoms with Crippen molar-refractivity contribution in [3.05, 3.63) is 34.1 Å². The molecule has 7 heteroatoms. The molecule has 94 valence electrons. The van der Waals surface area contributed by atoms with Crippen molar-refractivity contribution in [2.75, 3.05) is 13.2 Å². The quantitative estimate of drug-likeness (QED) is 0.893. The van der Waals surface area contributed by atoms with Gasteiger partial charge in [-0.05, 0) is 18.2 Å². The van der Waals surface area contributed by atoms with Crippen LogP contribution in [0.2, 0.25) is 0 Å². The first-order valence-electron chi connectivity index (χ1n) is 4.57. The Balaban J connectivity index is 2.74. The second-order valence-electron chi connectivity index (χ2n) is 3.32. The molecular formula is C10H9BrF3NO2. The molecular weight excluding hydrogens is 303 g/mol. The summed E-state index contributed by atoms with van der Waals surface area (Å²) in [5, 5.41) is 10.1. The van der Waals surface area contributed by atoms with Crippen LogP contribution in [-0.2, 0) is 0 Å². The number of carbonyl (C=O) groups is 1. The van der Waals surface area contributed by atoms with Crippen LogP contribution in [0, 0.1) is 5.82 Å². The van der Waals surface area contributed by atoms with E-state index in [0.29, 0.717) is 4.47 Å². The van der Waals surface area contributed by atoms with Crippen LogP contribution >= 0.6 is 15.9 Å². The number of benzene rings is 1. The third-order valence-electron chi connectivity index (χ3n) is 1.91. The molecule has 3 nitrogen and oxygen atoms in total. The van der Waals surface area contributed by atoms with Crippen LogP contribution in [0.5, 0.6) is 0 Å². The first-order chi connectivity index (χ1) is 7.85. The fourth-order valence-corrected chi connectivity index (χ4v) is 1.39. The largest absolute Gasteiger partial charge is 0.390 e. The Hall–Kier alpha value is -1.08. The van der Waals surface area contributed by atoms with Crippen molar-refractivity contribution < 1.29 is 23.1 Å². The summed E-state index contributed by atoms with van der Waals surface area (Å²) in [7, 11) is 0. The van der Waals surface area contributed by atoms with E-state index in [0.717, 1.165) is 6.07 Å². The molecule has 1 amide bonds. The summed E-state index contributed by atoms with van der Waals surface area (Å²) in [6.07, 6.45) is 0. The molecule has 0 bridgehead atoms. The van der Waals surface area contributed by atoms with Gasteiger partial charge in [-0.3, -0.25) is 4.79 Å². The molecule has 0 saturated carbocycles. The van der Waals surface area contributed by atoms with Crippen LogP contribution in [-0.4, -0.2) is 30.1 Å². The molecule has 0 aliphatic heterocycles. The first-order valence-corrected chi connectivity index (χ1v) is 5.37. The third kappa shape index (κ3) is 4.01. The number of alkyl halides is 2. The number of aliphatic hydroxyl groups is 1. The number of halogens is 4.